The van der Waals surface area contributed by atoms with Gasteiger partial charge in [0.2, 0.25) is 0 Å². The quantitative estimate of drug-likeness (QED) is 0.410. The van der Waals surface area contributed by atoms with Crippen LogP contribution in [0.15, 0.2) is 61.9 Å². The molecule has 2 atom stereocenters. The van der Waals surface area contributed by atoms with Crippen LogP contribution in [0, 0.1) is 29.3 Å². The average molecular weight is 469 g/mol. The number of nitrogens with two attached hydrogens (primary N) is 1. The summed E-state index contributed by atoms with van der Waals surface area (Å²) in [5.74, 6) is 10.2. The number of hydrogen-bond acceptors (Lipinski definition) is 7. The van der Waals surface area contributed by atoms with Crippen LogP contribution in [0.4, 0.5) is 13.2 Å². The van der Waals surface area contributed by atoms with Crippen molar-refractivity contribution < 1.29 is 27.4 Å². The number of fused-ring (bicyclic) bond motifs is 1. The molecule has 0 saturated carbocycles. The Labute approximate surface area is 192 Å². The van der Waals surface area contributed by atoms with Crippen LogP contribution < -0.4 is 5.84 Å². The predicted octanol–water partition coefficient (Wildman–Crippen LogP) is 2.42. The van der Waals surface area contributed by atoms with Gasteiger partial charge in [-0.15, -0.1) is 5.84 Å². The lowest BCUT2D eigenvalue weighted by molar-refractivity contribution is -0.803. The van der Waals surface area contributed by atoms with Gasteiger partial charge >= 0.3 is 0 Å². The fraction of sp³-hybridized carbons (Fsp3) is 0.261. The van der Waals surface area contributed by atoms with E-state index in [2.05, 4.69) is 26.9 Å². The lowest BCUT2D eigenvalue weighted by atomic mass is 9.93. The summed E-state index contributed by atoms with van der Waals surface area (Å²) < 4.78 is 46.1. The molecule has 3 aliphatic heterocycles. The van der Waals surface area contributed by atoms with Crippen LogP contribution in [0.1, 0.15) is 24.2 Å². The summed E-state index contributed by atoms with van der Waals surface area (Å²) in [6.45, 7) is 0.451. The van der Waals surface area contributed by atoms with Crippen molar-refractivity contribution in [1.82, 2.24) is 4.90 Å². The second-order valence-electron chi connectivity index (χ2n) is 8.33. The van der Waals surface area contributed by atoms with E-state index in [9.17, 15) is 18.3 Å². The molecule has 2 unspecified atom stereocenters. The van der Waals surface area contributed by atoms with Gasteiger partial charge in [-0.2, -0.15) is 4.99 Å². The van der Waals surface area contributed by atoms with Crippen molar-refractivity contribution in [3.05, 3.63) is 71.2 Å². The number of nitrogens with zero attached hydrogens (tertiary/aromatic N) is 5. The number of β-amino-alcohol motifs (C(OH)–C–C–N with tert-alkyl or cyclic N) is 1. The zero-order valence-electron chi connectivity index (χ0n) is 17.9. The predicted molar refractivity (Wildman–Crippen MR) is 117 cm³/mol. The number of furan rings is 1. The summed E-state index contributed by atoms with van der Waals surface area (Å²) in [6.07, 6.45) is 5.38. The summed E-state index contributed by atoms with van der Waals surface area (Å²) in [7, 11) is 0. The van der Waals surface area contributed by atoms with E-state index in [1.807, 2.05) is 0 Å². The van der Waals surface area contributed by atoms with Crippen LogP contribution in [-0.2, 0) is 6.54 Å². The summed E-state index contributed by atoms with van der Waals surface area (Å²) in [4.78, 5) is 10.2. The Morgan fingerprint density at radius 3 is 2.79 bits per heavy atom. The van der Waals surface area contributed by atoms with Crippen molar-refractivity contribution in [2.24, 2.45) is 20.9 Å². The average Bonchev–Trinajstić information content (AvgIpc) is 3.42. The van der Waals surface area contributed by atoms with Gasteiger partial charge in [-0.25, -0.2) is 18.2 Å². The first-order valence-electron chi connectivity index (χ1n) is 10.5. The molecule has 2 aromatic rings. The first-order valence-corrected chi connectivity index (χ1v) is 10.5. The largest absolute Gasteiger partial charge is 0.461 e. The molecule has 5 rings (SSSR count). The van der Waals surface area contributed by atoms with Crippen LogP contribution in [0.5, 0.6) is 0 Å². The zero-order valence-corrected chi connectivity index (χ0v) is 17.9. The molecular weight excluding hydrogens is 449 g/mol. The maximum Gasteiger partial charge on any atom is 0.300 e. The van der Waals surface area contributed by atoms with Gasteiger partial charge in [0.05, 0.1) is 6.26 Å². The summed E-state index contributed by atoms with van der Waals surface area (Å²) >= 11 is 0. The standard InChI is InChI=1S/C23H20F3N6O2/c24-15-9-18(25)17(19(26)10-15)12-31-7-2-5-23(33,14-31)6-4-16-13-32(27)21(11-28-16)29-22(30-32)20-3-1-8-34-20/h1,3,8-11,13,33H,2,5,7,12,14,27H2/q+1. The number of amidine groups is 2. The molecule has 0 bridgehead atoms. The highest BCUT2D eigenvalue weighted by molar-refractivity contribution is 6.31. The van der Waals surface area contributed by atoms with Gasteiger partial charge in [0.25, 0.3) is 11.7 Å². The van der Waals surface area contributed by atoms with Crippen LogP contribution >= 0.6 is 0 Å². The molecule has 3 N–H and O–H groups in total. The van der Waals surface area contributed by atoms with E-state index in [1.54, 1.807) is 17.0 Å². The highest BCUT2D eigenvalue weighted by Crippen LogP contribution is 2.25. The Hall–Kier alpha value is -3.56. The molecule has 1 fully saturated rings. The first-order chi connectivity index (χ1) is 16.2. The van der Waals surface area contributed by atoms with E-state index in [0.717, 1.165) is 0 Å². The minimum atomic E-state index is -1.43. The van der Waals surface area contributed by atoms with E-state index in [4.69, 9.17) is 10.3 Å². The van der Waals surface area contributed by atoms with Gasteiger partial charge in [-0.05, 0) is 47.2 Å². The fourth-order valence-corrected chi connectivity index (χ4v) is 4.04. The third-order valence-corrected chi connectivity index (χ3v) is 5.69. The number of allylic oxidation sites excluding steroid dienone is 1. The Balaban J connectivity index is 1.33. The number of halogens is 3. The van der Waals surface area contributed by atoms with E-state index in [-0.39, 0.29) is 24.4 Å². The summed E-state index contributed by atoms with van der Waals surface area (Å²) in [5.41, 5.74) is -1.39. The number of benzene rings is 1. The monoisotopic (exact) mass is 469 g/mol. The first kappa shape index (κ1) is 22.2. The van der Waals surface area contributed by atoms with Crippen LogP contribution in [-0.4, -0.2) is 51.3 Å². The minimum Gasteiger partial charge on any atom is -0.461 e. The normalized spacial score (nSPS) is 26.3. The van der Waals surface area contributed by atoms with Crippen LogP contribution in [0.2, 0.25) is 0 Å². The Morgan fingerprint density at radius 2 is 2.06 bits per heavy atom. The zero-order chi connectivity index (χ0) is 23.9. The highest BCUT2D eigenvalue weighted by Gasteiger charge is 2.40. The van der Waals surface area contributed by atoms with E-state index < -0.39 is 27.8 Å². The lowest BCUT2D eigenvalue weighted by Crippen LogP contribution is -2.50. The van der Waals surface area contributed by atoms with Gasteiger partial charge in [-0.3, -0.25) is 4.90 Å². The van der Waals surface area contributed by atoms with Crippen LogP contribution in [0.25, 0.3) is 0 Å². The Kier molecular flexibility index (Phi) is 5.45. The van der Waals surface area contributed by atoms with Gasteiger partial charge in [-0.1, -0.05) is 5.92 Å². The SMILES string of the molecule is N[N+]12C=C(C#CC3(O)CCCN(Cc4c(F)cc(F)cc4F)C3)N=CC1=NC(c1ccco1)=N2. The second kappa shape index (κ2) is 8.34. The topological polar surface area (TPSA) is 99.7 Å². The number of piperidine rings is 1. The third kappa shape index (κ3) is 4.32. The number of quaternary nitrogens is 1. The summed E-state index contributed by atoms with van der Waals surface area (Å²) in [6, 6.07) is 4.71. The number of rotatable bonds is 3. The van der Waals surface area contributed by atoms with Crippen molar-refractivity contribution in [3.8, 4) is 11.8 Å². The van der Waals surface area contributed by atoms with Crippen molar-refractivity contribution in [2.45, 2.75) is 25.0 Å². The Morgan fingerprint density at radius 1 is 1.26 bits per heavy atom. The lowest BCUT2D eigenvalue weighted by Gasteiger charge is -2.36. The molecule has 1 aromatic carbocycles. The van der Waals surface area contributed by atoms with E-state index in [0.29, 0.717) is 49.0 Å². The molecule has 174 valence electrons. The van der Waals surface area contributed by atoms with Gasteiger partial charge in [0.1, 0.15) is 29.3 Å². The number of hydrogen-bond donors (Lipinski definition) is 2. The number of aliphatic imine (C=N–C) groups is 2. The maximum absolute atomic E-state index is 14.1. The third-order valence-electron chi connectivity index (χ3n) is 5.69. The molecule has 0 aliphatic carbocycles. The molecule has 1 aromatic heterocycles. The van der Waals surface area contributed by atoms with Crippen LogP contribution in [0.3, 0.4) is 0 Å². The molecule has 11 heteroatoms. The number of likely N-dealkylation sites (tertiary alicyclic amines) is 1. The molecule has 0 amide bonds. The number of aliphatic hydroxyl groups is 1. The highest BCUT2D eigenvalue weighted by atomic mass is 19.1. The molecule has 4 heterocycles. The van der Waals surface area contributed by atoms with Crippen molar-refractivity contribution in [1.29, 1.82) is 0 Å². The maximum atomic E-state index is 14.1. The molecular formula is C23H20F3N6O2+. The molecule has 3 aliphatic rings. The summed E-state index contributed by atoms with van der Waals surface area (Å²) in [5, 5.41) is 15.4. The molecule has 8 nitrogen and oxygen atoms in total. The van der Waals surface area contributed by atoms with Gasteiger partial charge in [0.15, 0.2) is 17.7 Å². The van der Waals surface area contributed by atoms with E-state index in [1.165, 1.54) is 18.7 Å². The van der Waals surface area contributed by atoms with E-state index >= 15 is 0 Å². The Bertz CT molecular complexity index is 1300. The van der Waals surface area contributed by atoms with Crippen molar-refractivity contribution in [3.63, 3.8) is 0 Å². The van der Waals surface area contributed by atoms with Crippen molar-refractivity contribution in [2.75, 3.05) is 13.1 Å². The smallest absolute Gasteiger partial charge is 0.300 e. The second-order valence-corrected chi connectivity index (χ2v) is 8.33. The fourth-order valence-electron chi connectivity index (χ4n) is 4.04. The van der Waals surface area contributed by atoms with Crippen molar-refractivity contribution >= 4 is 17.9 Å². The molecule has 34 heavy (non-hydrogen) atoms. The van der Waals surface area contributed by atoms with Gasteiger partial charge in [0, 0.05) is 30.8 Å². The minimum absolute atomic E-state index is 0.0589. The molecule has 0 radical (unpaired) electrons. The molecule has 1 saturated heterocycles. The van der Waals surface area contributed by atoms with Gasteiger partial charge < -0.3 is 9.52 Å². The molecule has 0 spiro atoms.